The van der Waals surface area contributed by atoms with E-state index in [9.17, 15) is 0 Å². The lowest BCUT2D eigenvalue weighted by Crippen LogP contribution is -1.91. The van der Waals surface area contributed by atoms with Gasteiger partial charge in [0.2, 0.25) is 0 Å². The van der Waals surface area contributed by atoms with Crippen LogP contribution in [0.15, 0.2) is 241 Å². The van der Waals surface area contributed by atoms with Crippen LogP contribution in [0.3, 0.4) is 0 Å². The Morgan fingerprint density at radius 1 is 0.333 bits per heavy atom. The second-order valence-electron chi connectivity index (χ2n) is 15.6. The third-order valence-corrected chi connectivity index (χ3v) is 11.8. The highest BCUT2D eigenvalue weighted by molar-refractivity contribution is 6.22. The summed E-state index contributed by atoms with van der Waals surface area (Å²) in [5, 5.41) is 11.8. The summed E-state index contributed by atoms with van der Waals surface area (Å²) in [6.45, 7) is 12.0. The van der Waals surface area contributed by atoms with Gasteiger partial charge in [0, 0.05) is 21.5 Å². The van der Waals surface area contributed by atoms with Gasteiger partial charge in [0.25, 0.3) is 0 Å². The standard InChI is InChI=1S/C54H32O2.C4H6.C3H6/c1-2-15-39-33(11-1)12-10-21-40(39)34-23-25-35(26-24-34)51-42-17-3-5-19-44(42)52(45-20-6-4-18-43(45)51)38-14-9-13-36(31-38)37-27-30-50-48(32-37)47-29-28-46-41-16-7-8-22-49(41)55-53(46)54(47)56-50;1-3-4-2;1-3-2/h1-32H;3-4H,1-2H2;3H,1H2,2H3. The van der Waals surface area contributed by atoms with E-state index in [1.54, 1.807) is 18.2 Å². The van der Waals surface area contributed by atoms with Crippen molar-refractivity contribution in [1.82, 2.24) is 0 Å². The lowest BCUT2D eigenvalue weighted by molar-refractivity contribution is 0.633. The molecular weight excluding hydrogens is 765 g/mol. The monoisotopic (exact) mass is 808 g/mol. The Bertz CT molecular complexity index is 3620. The average molecular weight is 809 g/mol. The van der Waals surface area contributed by atoms with Gasteiger partial charge in [-0.25, -0.2) is 0 Å². The van der Waals surface area contributed by atoms with E-state index >= 15 is 0 Å². The van der Waals surface area contributed by atoms with E-state index in [2.05, 4.69) is 196 Å². The van der Waals surface area contributed by atoms with Crippen LogP contribution in [0, 0.1) is 0 Å². The predicted molar refractivity (Wildman–Crippen MR) is 272 cm³/mol. The minimum absolute atomic E-state index is 0.792. The molecule has 0 fully saturated rings. The first-order valence-electron chi connectivity index (χ1n) is 21.3. The highest BCUT2D eigenvalue weighted by Gasteiger charge is 2.19. The Kier molecular flexibility index (Phi) is 10.3. The zero-order valence-corrected chi connectivity index (χ0v) is 35.1. The van der Waals surface area contributed by atoms with Crippen LogP contribution in [0.2, 0.25) is 0 Å². The molecule has 0 aliphatic heterocycles. The molecule has 0 unspecified atom stereocenters. The van der Waals surface area contributed by atoms with Gasteiger partial charge in [0.05, 0.1) is 0 Å². The molecular formula is C61H44O2. The van der Waals surface area contributed by atoms with Gasteiger partial charge in [0.1, 0.15) is 11.2 Å². The normalized spacial score (nSPS) is 11.1. The largest absolute Gasteiger partial charge is 0.452 e. The molecule has 0 saturated carbocycles. The Morgan fingerprint density at radius 3 is 1.41 bits per heavy atom. The third-order valence-electron chi connectivity index (χ3n) is 11.8. The van der Waals surface area contributed by atoms with Crippen LogP contribution < -0.4 is 0 Å². The van der Waals surface area contributed by atoms with Crippen molar-refractivity contribution in [3.8, 4) is 44.5 Å². The fourth-order valence-electron chi connectivity index (χ4n) is 9.09. The molecule has 0 amide bonds. The SMILES string of the molecule is C=CC.C=CC=C.c1cc(-c2ccc3oc4c(ccc5c6ccccc6oc54)c3c2)cc(-c2c3ccccc3c(-c3ccc(-c4cccc5ccccc45)cc3)c3ccccc23)c1. The highest BCUT2D eigenvalue weighted by atomic mass is 16.4. The Morgan fingerprint density at radius 2 is 0.778 bits per heavy atom. The molecule has 0 atom stereocenters. The quantitative estimate of drug-likeness (QED) is 0.0983. The van der Waals surface area contributed by atoms with Crippen molar-refractivity contribution in [3.05, 3.63) is 232 Å². The molecule has 2 heterocycles. The first-order chi connectivity index (χ1) is 31.1. The molecule has 0 aliphatic rings. The Balaban J connectivity index is 0.000000632. The molecule has 2 nitrogen and oxygen atoms in total. The van der Waals surface area contributed by atoms with Crippen molar-refractivity contribution in [2.75, 3.05) is 0 Å². The van der Waals surface area contributed by atoms with E-state index in [-0.39, 0.29) is 0 Å². The first-order valence-corrected chi connectivity index (χ1v) is 21.3. The molecule has 63 heavy (non-hydrogen) atoms. The lowest BCUT2D eigenvalue weighted by Gasteiger charge is -2.18. The molecule has 0 radical (unpaired) electrons. The van der Waals surface area contributed by atoms with Crippen LogP contribution in [0.5, 0.6) is 0 Å². The molecule has 300 valence electrons. The molecule has 0 saturated heterocycles. The molecule has 12 rings (SSSR count). The topological polar surface area (TPSA) is 26.3 Å². The molecule has 0 aliphatic carbocycles. The van der Waals surface area contributed by atoms with E-state index in [4.69, 9.17) is 8.83 Å². The summed E-state index contributed by atoms with van der Waals surface area (Å²) in [6.07, 6.45) is 5.03. The van der Waals surface area contributed by atoms with Crippen LogP contribution >= 0.6 is 0 Å². The van der Waals surface area contributed by atoms with Crippen molar-refractivity contribution < 1.29 is 8.83 Å². The molecule has 12 aromatic rings. The summed E-state index contributed by atoms with van der Waals surface area (Å²) >= 11 is 0. The summed E-state index contributed by atoms with van der Waals surface area (Å²) < 4.78 is 12.8. The summed E-state index contributed by atoms with van der Waals surface area (Å²) in [5.74, 6) is 0. The Hall–Kier alpha value is -8.20. The zero-order valence-electron chi connectivity index (χ0n) is 35.1. The molecule has 2 heteroatoms. The first kappa shape index (κ1) is 39.0. The molecule has 10 aromatic carbocycles. The number of hydrogen-bond acceptors (Lipinski definition) is 2. The second kappa shape index (κ2) is 16.7. The van der Waals surface area contributed by atoms with E-state index in [1.807, 2.05) is 25.1 Å². The van der Waals surface area contributed by atoms with E-state index in [1.165, 1.54) is 65.7 Å². The maximum Gasteiger partial charge on any atom is 0.178 e. The fourth-order valence-corrected chi connectivity index (χ4v) is 9.09. The maximum atomic E-state index is 6.48. The minimum Gasteiger partial charge on any atom is -0.452 e. The predicted octanol–water partition coefficient (Wildman–Crippen LogP) is 18.2. The molecule has 0 bridgehead atoms. The van der Waals surface area contributed by atoms with Gasteiger partial charge in [-0.05, 0) is 120 Å². The van der Waals surface area contributed by atoms with Crippen LogP contribution in [0.25, 0.3) is 121 Å². The zero-order chi connectivity index (χ0) is 42.9. The van der Waals surface area contributed by atoms with Gasteiger partial charge in [-0.2, -0.15) is 0 Å². The number of hydrogen-bond donors (Lipinski definition) is 0. The van der Waals surface area contributed by atoms with Crippen LogP contribution in [0.4, 0.5) is 0 Å². The van der Waals surface area contributed by atoms with Crippen LogP contribution in [-0.2, 0) is 0 Å². The highest BCUT2D eigenvalue weighted by Crippen LogP contribution is 2.45. The van der Waals surface area contributed by atoms with Crippen molar-refractivity contribution in [3.63, 3.8) is 0 Å². The number of para-hydroxylation sites is 1. The van der Waals surface area contributed by atoms with Gasteiger partial charge < -0.3 is 8.83 Å². The fraction of sp³-hybridized carbons (Fsp3) is 0.0164. The van der Waals surface area contributed by atoms with Gasteiger partial charge in [-0.1, -0.05) is 189 Å². The van der Waals surface area contributed by atoms with Crippen molar-refractivity contribution >= 4 is 76.2 Å². The van der Waals surface area contributed by atoms with Gasteiger partial charge in [-0.3, -0.25) is 0 Å². The lowest BCUT2D eigenvalue weighted by atomic mass is 9.85. The van der Waals surface area contributed by atoms with Crippen molar-refractivity contribution in [2.45, 2.75) is 6.92 Å². The van der Waals surface area contributed by atoms with E-state index in [0.29, 0.717) is 0 Å². The number of rotatable bonds is 5. The smallest absolute Gasteiger partial charge is 0.178 e. The molecule has 0 spiro atoms. The maximum absolute atomic E-state index is 6.48. The summed E-state index contributed by atoms with van der Waals surface area (Å²) in [6, 6.07) is 70.1. The number of allylic oxidation sites excluding steroid dienone is 3. The molecule has 2 aromatic heterocycles. The van der Waals surface area contributed by atoms with Crippen molar-refractivity contribution in [1.29, 1.82) is 0 Å². The van der Waals surface area contributed by atoms with Crippen LogP contribution in [0.1, 0.15) is 6.92 Å². The Labute approximate surface area is 367 Å². The van der Waals surface area contributed by atoms with Gasteiger partial charge in [-0.15, -0.1) is 6.58 Å². The average Bonchev–Trinajstić information content (AvgIpc) is 3.92. The van der Waals surface area contributed by atoms with E-state index < -0.39 is 0 Å². The third kappa shape index (κ3) is 6.89. The van der Waals surface area contributed by atoms with E-state index in [0.717, 1.165) is 55.0 Å². The summed E-state index contributed by atoms with van der Waals surface area (Å²) in [7, 11) is 0. The second-order valence-corrected chi connectivity index (χ2v) is 15.6. The van der Waals surface area contributed by atoms with Gasteiger partial charge in [0.15, 0.2) is 11.2 Å². The summed E-state index contributed by atoms with van der Waals surface area (Å²) in [5.41, 5.74) is 13.0. The van der Waals surface area contributed by atoms with Crippen molar-refractivity contribution in [2.24, 2.45) is 0 Å². The van der Waals surface area contributed by atoms with Gasteiger partial charge >= 0.3 is 0 Å². The van der Waals surface area contributed by atoms with Crippen LogP contribution in [-0.4, -0.2) is 0 Å². The minimum atomic E-state index is 0.792. The number of furan rings is 2. The molecule has 0 N–H and O–H groups in total. The summed E-state index contributed by atoms with van der Waals surface area (Å²) in [4.78, 5) is 0. The number of fused-ring (bicyclic) bond motifs is 10. The number of benzene rings is 10.